The highest BCUT2D eigenvalue weighted by Crippen LogP contribution is 2.14. The highest BCUT2D eigenvalue weighted by atomic mass is 79.9. The van der Waals surface area contributed by atoms with Gasteiger partial charge in [-0.1, -0.05) is 0 Å². The molecule has 100 valence electrons. The fraction of sp³-hybridized carbons (Fsp3) is 0.167. The summed E-state index contributed by atoms with van der Waals surface area (Å²) in [5.74, 6) is 0. The normalized spacial score (nSPS) is 11.5. The second kappa shape index (κ2) is 5.77. The van der Waals surface area contributed by atoms with Crippen LogP contribution in [0.5, 0.6) is 0 Å². The van der Waals surface area contributed by atoms with Gasteiger partial charge in [0.05, 0.1) is 0 Å². The van der Waals surface area contributed by atoms with Crippen molar-refractivity contribution in [1.82, 2.24) is 14.7 Å². The van der Waals surface area contributed by atoms with Crippen molar-refractivity contribution in [2.45, 2.75) is 18.4 Å². The lowest BCUT2D eigenvalue weighted by Crippen LogP contribution is -2.23. The lowest BCUT2D eigenvalue weighted by molar-refractivity contribution is 0.580. The average molecular weight is 342 g/mol. The fourth-order valence-electron chi connectivity index (χ4n) is 1.48. The van der Waals surface area contributed by atoms with Crippen LogP contribution in [0.4, 0.5) is 0 Å². The third kappa shape index (κ3) is 3.59. The molecular weight excluding hydrogens is 330 g/mol. The van der Waals surface area contributed by atoms with Crippen LogP contribution in [0, 0.1) is 6.92 Å². The van der Waals surface area contributed by atoms with E-state index in [1.807, 2.05) is 13.0 Å². The second-order valence-corrected chi connectivity index (χ2v) is 6.65. The highest BCUT2D eigenvalue weighted by molar-refractivity contribution is 9.10. The summed E-state index contributed by atoms with van der Waals surface area (Å²) in [7, 11) is -3.57. The van der Waals surface area contributed by atoms with Crippen LogP contribution in [0.1, 0.15) is 11.1 Å². The van der Waals surface area contributed by atoms with Gasteiger partial charge in [0.1, 0.15) is 4.90 Å². The monoisotopic (exact) mass is 341 g/mol. The van der Waals surface area contributed by atoms with Gasteiger partial charge in [-0.2, -0.15) is 0 Å². The molecule has 0 bridgehead atoms. The number of hydrogen-bond acceptors (Lipinski definition) is 4. The fourth-order valence-corrected chi connectivity index (χ4v) is 2.99. The van der Waals surface area contributed by atoms with E-state index >= 15 is 0 Å². The maximum Gasteiger partial charge on any atom is 0.242 e. The zero-order chi connectivity index (χ0) is 13.9. The first-order valence-corrected chi connectivity index (χ1v) is 7.76. The van der Waals surface area contributed by atoms with Crippen molar-refractivity contribution in [3.8, 4) is 0 Å². The summed E-state index contributed by atoms with van der Waals surface area (Å²) >= 11 is 3.20. The molecule has 0 amide bonds. The number of rotatable bonds is 4. The van der Waals surface area contributed by atoms with Gasteiger partial charge in [0.15, 0.2) is 0 Å². The highest BCUT2D eigenvalue weighted by Gasteiger charge is 2.14. The molecule has 0 atom stereocenters. The Morgan fingerprint density at radius 1 is 1.26 bits per heavy atom. The predicted octanol–water partition coefficient (Wildman–Crippen LogP) is 2.03. The van der Waals surface area contributed by atoms with E-state index in [-0.39, 0.29) is 11.4 Å². The smallest absolute Gasteiger partial charge is 0.242 e. The minimum atomic E-state index is -3.57. The zero-order valence-electron chi connectivity index (χ0n) is 10.2. The maximum atomic E-state index is 12.1. The van der Waals surface area contributed by atoms with E-state index in [0.29, 0.717) is 4.47 Å². The van der Waals surface area contributed by atoms with Gasteiger partial charge in [0.25, 0.3) is 0 Å². The second-order valence-electron chi connectivity index (χ2n) is 3.97. The summed E-state index contributed by atoms with van der Waals surface area (Å²) in [6.07, 6.45) is 6.16. The molecule has 0 spiro atoms. The van der Waals surface area contributed by atoms with Crippen molar-refractivity contribution in [2.24, 2.45) is 0 Å². The van der Waals surface area contributed by atoms with Crippen molar-refractivity contribution in [3.63, 3.8) is 0 Å². The molecule has 2 aromatic heterocycles. The summed E-state index contributed by atoms with van der Waals surface area (Å²) in [6, 6.07) is 3.34. The van der Waals surface area contributed by atoms with E-state index < -0.39 is 10.0 Å². The molecule has 0 aliphatic carbocycles. The molecule has 0 aliphatic heterocycles. The van der Waals surface area contributed by atoms with Crippen LogP contribution in [-0.2, 0) is 16.6 Å². The van der Waals surface area contributed by atoms with Crippen LogP contribution in [0.2, 0.25) is 0 Å². The van der Waals surface area contributed by atoms with Gasteiger partial charge in [-0.05, 0) is 46.1 Å². The van der Waals surface area contributed by atoms with Gasteiger partial charge in [0, 0.05) is 35.8 Å². The van der Waals surface area contributed by atoms with Crippen molar-refractivity contribution >= 4 is 26.0 Å². The number of aryl methyl sites for hydroxylation is 1. The average Bonchev–Trinajstić information content (AvgIpc) is 2.38. The summed E-state index contributed by atoms with van der Waals surface area (Å²) < 4.78 is 27.3. The van der Waals surface area contributed by atoms with Gasteiger partial charge in [-0.3, -0.25) is 9.97 Å². The molecular formula is C12H12BrN3O2S. The Kier molecular flexibility index (Phi) is 4.28. The number of hydrogen-bond donors (Lipinski definition) is 1. The molecule has 0 saturated heterocycles. The molecule has 0 radical (unpaired) electrons. The number of nitrogens with one attached hydrogen (secondary N) is 1. The lowest BCUT2D eigenvalue weighted by atomic mass is 10.2. The Balaban J connectivity index is 2.17. The minimum absolute atomic E-state index is 0.128. The Bertz CT molecular complexity index is 689. The van der Waals surface area contributed by atoms with Gasteiger partial charge in [0.2, 0.25) is 10.0 Å². The first-order valence-electron chi connectivity index (χ1n) is 5.49. The van der Waals surface area contributed by atoms with E-state index in [4.69, 9.17) is 0 Å². The Labute approximate surface area is 120 Å². The molecule has 19 heavy (non-hydrogen) atoms. The topological polar surface area (TPSA) is 72.0 Å². The lowest BCUT2D eigenvalue weighted by Gasteiger charge is -2.08. The van der Waals surface area contributed by atoms with E-state index in [1.165, 1.54) is 18.5 Å². The molecule has 2 aromatic rings. The quantitative estimate of drug-likeness (QED) is 0.923. The minimum Gasteiger partial charge on any atom is -0.264 e. The van der Waals surface area contributed by atoms with Crippen LogP contribution >= 0.6 is 15.9 Å². The standard InChI is InChI=1S/C12H12BrN3O2S/c1-9-2-3-14-5-10(9)6-16-19(17,18)12-4-11(13)7-15-8-12/h2-5,7-8,16H,6H2,1H3. The molecule has 2 heterocycles. The Morgan fingerprint density at radius 3 is 2.74 bits per heavy atom. The first-order chi connectivity index (χ1) is 8.99. The molecule has 0 unspecified atom stereocenters. The molecule has 0 fully saturated rings. The van der Waals surface area contributed by atoms with E-state index in [2.05, 4.69) is 30.6 Å². The van der Waals surface area contributed by atoms with E-state index in [9.17, 15) is 8.42 Å². The Hall–Kier alpha value is -1.31. The molecule has 5 nitrogen and oxygen atoms in total. The van der Waals surface area contributed by atoms with Crippen LogP contribution in [-0.4, -0.2) is 18.4 Å². The predicted molar refractivity (Wildman–Crippen MR) is 74.9 cm³/mol. The third-order valence-corrected chi connectivity index (χ3v) is 4.39. The van der Waals surface area contributed by atoms with E-state index in [0.717, 1.165) is 11.1 Å². The van der Waals surface area contributed by atoms with Gasteiger partial charge in [-0.15, -0.1) is 0 Å². The van der Waals surface area contributed by atoms with Crippen LogP contribution < -0.4 is 4.72 Å². The third-order valence-electron chi connectivity index (χ3n) is 2.59. The maximum absolute atomic E-state index is 12.1. The molecule has 0 saturated carbocycles. The van der Waals surface area contributed by atoms with Gasteiger partial charge >= 0.3 is 0 Å². The SMILES string of the molecule is Cc1ccncc1CNS(=O)(=O)c1cncc(Br)c1. The van der Waals surface area contributed by atoms with Crippen molar-refractivity contribution in [2.75, 3.05) is 0 Å². The van der Waals surface area contributed by atoms with Gasteiger partial charge < -0.3 is 0 Å². The van der Waals surface area contributed by atoms with Crippen LogP contribution in [0.25, 0.3) is 0 Å². The zero-order valence-corrected chi connectivity index (χ0v) is 12.6. The van der Waals surface area contributed by atoms with Gasteiger partial charge in [-0.25, -0.2) is 13.1 Å². The van der Waals surface area contributed by atoms with Crippen molar-refractivity contribution in [1.29, 1.82) is 0 Å². The summed E-state index contributed by atoms with van der Waals surface area (Å²) in [5.41, 5.74) is 1.83. The molecule has 0 aliphatic rings. The number of halogens is 1. The first kappa shape index (κ1) is 14.1. The van der Waals surface area contributed by atoms with Crippen molar-refractivity contribution in [3.05, 3.63) is 52.5 Å². The van der Waals surface area contributed by atoms with Crippen molar-refractivity contribution < 1.29 is 8.42 Å². The summed E-state index contributed by atoms with van der Waals surface area (Å²) in [6.45, 7) is 2.11. The molecule has 7 heteroatoms. The molecule has 0 aromatic carbocycles. The van der Waals surface area contributed by atoms with E-state index in [1.54, 1.807) is 12.4 Å². The molecule has 1 N–H and O–H groups in total. The number of sulfonamides is 1. The summed E-state index contributed by atoms with van der Waals surface area (Å²) in [5, 5.41) is 0. The summed E-state index contributed by atoms with van der Waals surface area (Å²) in [4.78, 5) is 7.95. The number of aromatic nitrogens is 2. The van der Waals surface area contributed by atoms with Crippen LogP contribution in [0.15, 0.2) is 46.3 Å². The molecule has 2 rings (SSSR count). The Morgan fingerprint density at radius 2 is 2.05 bits per heavy atom. The number of pyridine rings is 2. The largest absolute Gasteiger partial charge is 0.264 e. The number of nitrogens with zero attached hydrogens (tertiary/aromatic N) is 2. The van der Waals surface area contributed by atoms with Crippen LogP contribution in [0.3, 0.4) is 0 Å².